The monoisotopic (exact) mass is 375 g/mol. The Morgan fingerprint density at radius 2 is 2.15 bits per heavy atom. The van der Waals surface area contributed by atoms with Gasteiger partial charge in [-0.25, -0.2) is 18.1 Å². The molecule has 1 atom stereocenters. The summed E-state index contributed by atoms with van der Waals surface area (Å²) >= 11 is 4.34. The van der Waals surface area contributed by atoms with Gasteiger partial charge in [0.2, 0.25) is 0 Å². The average Bonchev–Trinajstić information content (AvgIpc) is 2.69. The number of aromatic nitrogens is 1. The van der Waals surface area contributed by atoms with E-state index in [1.165, 1.54) is 0 Å². The smallest absolute Gasteiger partial charge is 0.252 e. The molecule has 0 bridgehead atoms. The molecule has 20 heavy (non-hydrogen) atoms. The topological polar surface area (TPSA) is 85.1 Å². The van der Waals surface area contributed by atoms with E-state index in [9.17, 15) is 8.42 Å². The Hall–Kier alpha value is -0.960. The molecule has 1 aromatic carbocycles. The Morgan fingerprint density at radius 1 is 1.45 bits per heavy atom. The maximum Gasteiger partial charge on any atom is 0.252 e. The molecule has 1 unspecified atom stereocenters. The second-order valence-electron chi connectivity index (χ2n) is 4.32. The van der Waals surface area contributed by atoms with Crippen LogP contribution in [0, 0.1) is 6.92 Å². The van der Waals surface area contributed by atoms with Crippen LogP contribution in [0.4, 0.5) is 5.13 Å². The molecule has 0 saturated heterocycles. The molecule has 108 valence electrons. The van der Waals surface area contributed by atoms with Crippen LogP contribution in [0.3, 0.4) is 0 Å². The minimum atomic E-state index is -3.62. The Labute approximate surface area is 130 Å². The molecule has 2 aromatic rings. The van der Waals surface area contributed by atoms with E-state index < -0.39 is 10.0 Å². The van der Waals surface area contributed by atoms with Gasteiger partial charge >= 0.3 is 0 Å². The van der Waals surface area contributed by atoms with Gasteiger partial charge in [-0.2, -0.15) is 0 Å². The Balaban J connectivity index is 2.27. The molecule has 0 fully saturated rings. The molecular formula is C12H14BrN3O2S2. The van der Waals surface area contributed by atoms with Crippen LogP contribution in [0.2, 0.25) is 0 Å². The third kappa shape index (κ3) is 3.38. The van der Waals surface area contributed by atoms with Gasteiger partial charge in [-0.3, -0.25) is 0 Å². The van der Waals surface area contributed by atoms with Crippen LogP contribution in [0.25, 0.3) is 0 Å². The van der Waals surface area contributed by atoms with Crippen molar-refractivity contribution in [1.82, 2.24) is 9.71 Å². The highest BCUT2D eigenvalue weighted by Gasteiger charge is 2.23. The number of thiazole rings is 1. The molecule has 0 spiro atoms. The average molecular weight is 376 g/mol. The second-order valence-corrected chi connectivity index (χ2v) is 8.18. The van der Waals surface area contributed by atoms with Gasteiger partial charge in [0.25, 0.3) is 10.0 Å². The molecule has 0 radical (unpaired) electrons. The van der Waals surface area contributed by atoms with E-state index in [4.69, 9.17) is 5.73 Å². The molecule has 0 aliphatic rings. The molecule has 0 aliphatic carbocycles. The summed E-state index contributed by atoms with van der Waals surface area (Å²) < 4.78 is 28.4. The standard InChI is InChI=1S/C12H14BrN3O2S2/c1-7(9-4-3-5-10(13)6-9)16-20(17,18)11-8(2)15-12(14)19-11/h3-7,16H,1-2H3,(H2,14,15). The number of nitrogens with zero attached hydrogens (tertiary/aromatic N) is 1. The quantitative estimate of drug-likeness (QED) is 0.859. The van der Waals surface area contributed by atoms with Crippen LogP contribution in [0.1, 0.15) is 24.2 Å². The first-order chi connectivity index (χ1) is 9.29. The van der Waals surface area contributed by atoms with E-state index in [1.54, 1.807) is 13.8 Å². The Morgan fingerprint density at radius 3 is 2.70 bits per heavy atom. The molecule has 0 saturated carbocycles. The third-order valence-corrected chi connectivity index (χ3v) is 6.33. The largest absolute Gasteiger partial charge is 0.375 e. The van der Waals surface area contributed by atoms with Crippen molar-refractivity contribution >= 4 is 42.4 Å². The van der Waals surface area contributed by atoms with Gasteiger partial charge in [0, 0.05) is 10.5 Å². The number of nitrogens with one attached hydrogen (secondary N) is 1. The summed E-state index contributed by atoms with van der Waals surface area (Å²) in [6, 6.07) is 7.14. The van der Waals surface area contributed by atoms with Gasteiger partial charge < -0.3 is 5.73 Å². The number of benzene rings is 1. The van der Waals surface area contributed by atoms with E-state index in [1.807, 2.05) is 24.3 Å². The first-order valence-electron chi connectivity index (χ1n) is 5.80. The van der Waals surface area contributed by atoms with Crippen LogP contribution < -0.4 is 10.5 Å². The minimum Gasteiger partial charge on any atom is -0.375 e. The lowest BCUT2D eigenvalue weighted by Gasteiger charge is -2.14. The number of anilines is 1. The molecule has 2 rings (SSSR count). The van der Waals surface area contributed by atoms with Crippen molar-refractivity contribution in [3.8, 4) is 0 Å². The fourth-order valence-electron chi connectivity index (χ4n) is 1.78. The molecule has 3 N–H and O–H groups in total. The zero-order valence-corrected chi connectivity index (χ0v) is 14.1. The summed E-state index contributed by atoms with van der Waals surface area (Å²) in [6.45, 7) is 3.42. The number of hydrogen-bond donors (Lipinski definition) is 2. The molecule has 8 heteroatoms. The van der Waals surface area contributed by atoms with Crippen LogP contribution in [-0.2, 0) is 10.0 Å². The van der Waals surface area contributed by atoms with E-state index in [-0.39, 0.29) is 15.4 Å². The van der Waals surface area contributed by atoms with Crippen LogP contribution in [0.15, 0.2) is 32.9 Å². The fourth-order valence-corrected chi connectivity index (χ4v) is 4.75. The van der Waals surface area contributed by atoms with E-state index in [0.717, 1.165) is 21.4 Å². The number of rotatable bonds is 4. The van der Waals surface area contributed by atoms with Crippen molar-refractivity contribution in [2.75, 3.05) is 5.73 Å². The zero-order chi connectivity index (χ0) is 14.9. The minimum absolute atomic E-state index is 0.164. The Kier molecular flexibility index (Phi) is 4.48. The van der Waals surface area contributed by atoms with E-state index in [2.05, 4.69) is 25.6 Å². The zero-order valence-electron chi connectivity index (χ0n) is 10.9. The number of nitrogens with two attached hydrogens (primary N) is 1. The van der Waals surface area contributed by atoms with Crippen molar-refractivity contribution in [1.29, 1.82) is 0 Å². The van der Waals surface area contributed by atoms with Crippen molar-refractivity contribution in [2.45, 2.75) is 24.1 Å². The maximum absolute atomic E-state index is 12.3. The van der Waals surface area contributed by atoms with Gasteiger partial charge in [0.1, 0.15) is 0 Å². The van der Waals surface area contributed by atoms with E-state index in [0.29, 0.717) is 5.69 Å². The highest BCUT2D eigenvalue weighted by atomic mass is 79.9. The van der Waals surface area contributed by atoms with Gasteiger partial charge in [-0.1, -0.05) is 39.4 Å². The van der Waals surface area contributed by atoms with Crippen molar-refractivity contribution in [3.63, 3.8) is 0 Å². The normalized spacial score (nSPS) is 13.3. The van der Waals surface area contributed by atoms with Gasteiger partial charge in [0.05, 0.1) is 5.69 Å². The van der Waals surface area contributed by atoms with Gasteiger partial charge in [-0.05, 0) is 31.5 Å². The number of aryl methyl sites for hydroxylation is 1. The number of nitrogen functional groups attached to an aromatic ring is 1. The molecule has 5 nitrogen and oxygen atoms in total. The van der Waals surface area contributed by atoms with Crippen LogP contribution in [0.5, 0.6) is 0 Å². The lowest BCUT2D eigenvalue weighted by Crippen LogP contribution is -2.26. The lowest BCUT2D eigenvalue weighted by molar-refractivity contribution is 0.568. The number of halogens is 1. The summed E-state index contributed by atoms with van der Waals surface area (Å²) in [5, 5.41) is 0.248. The van der Waals surface area contributed by atoms with Crippen LogP contribution >= 0.6 is 27.3 Å². The summed E-state index contributed by atoms with van der Waals surface area (Å²) in [6.07, 6.45) is 0. The maximum atomic E-state index is 12.3. The SMILES string of the molecule is Cc1nc(N)sc1S(=O)(=O)NC(C)c1cccc(Br)c1. The summed E-state index contributed by atoms with van der Waals surface area (Å²) in [5.41, 5.74) is 6.84. The van der Waals surface area contributed by atoms with Crippen molar-refractivity contribution in [2.24, 2.45) is 0 Å². The van der Waals surface area contributed by atoms with Crippen molar-refractivity contribution < 1.29 is 8.42 Å². The summed E-state index contributed by atoms with van der Waals surface area (Å²) in [4.78, 5) is 3.94. The first kappa shape index (κ1) is 15.4. The molecular weight excluding hydrogens is 362 g/mol. The number of hydrogen-bond acceptors (Lipinski definition) is 5. The van der Waals surface area contributed by atoms with E-state index >= 15 is 0 Å². The summed E-state index contributed by atoms with van der Waals surface area (Å²) in [7, 11) is -3.62. The predicted molar refractivity (Wildman–Crippen MR) is 84.1 cm³/mol. The molecule has 0 aliphatic heterocycles. The Bertz CT molecular complexity index is 728. The fraction of sp³-hybridized carbons (Fsp3) is 0.250. The third-order valence-electron chi connectivity index (χ3n) is 2.70. The number of sulfonamides is 1. The van der Waals surface area contributed by atoms with Gasteiger partial charge in [0.15, 0.2) is 9.34 Å². The lowest BCUT2D eigenvalue weighted by atomic mass is 10.1. The molecule has 1 aromatic heterocycles. The van der Waals surface area contributed by atoms with Crippen molar-refractivity contribution in [3.05, 3.63) is 40.0 Å². The summed E-state index contributed by atoms with van der Waals surface area (Å²) in [5.74, 6) is 0. The van der Waals surface area contributed by atoms with Gasteiger partial charge in [-0.15, -0.1) is 0 Å². The first-order valence-corrected chi connectivity index (χ1v) is 8.89. The molecule has 0 amide bonds. The van der Waals surface area contributed by atoms with Crippen LogP contribution in [-0.4, -0.2) is 13.4 Å². The molecule has 1 heterocycles. The highest BCUT2D eigenvalue weighted by molar-refractivity contribution is 9.10. The second kappa shape index (κ2) is 5.80. The predicted octanol–water partition coefficient (Wildman–Crippen LogP) is 2.84. The highest BCUT2D eigenvalue weighted by Crippen LogP contribution is 2.27.